The highest BCUT2D eigenvalue weighted by atomic mass is 16.2. The van der Waals surface area contributed by atoms with Crippen LogP contribution >= 0.6 is 0 Å². The maximum absolute atomic E-state index is 12.8. The minimum absolute atomic E-state index is 0.0301. The van der Waals surface area contributed by atoms with E-state index < -0.39 is 0 Å². The molecule has 2 aliphatic heterocycles. The molecule has 0 unspecified atom stereocenters. The van der Waals surface area contributed by atoms with Gasteiger partial charge in [0.05, 0.1) is 23.3 Å². The van der Waals surface area contributed by atoms with Crippen molar-refractivity contribution >= 4 is 22.6 Å². The van der Waals surface area contributed by atoms with Gasteiger partial charge in [0.2, 0.25) is 5.91 Å². The first-order chi connectivity index (χ1) is 14.7. The number of nitrogens with one attached hydrogen (secondary N) is 2. The van der Waals surface area contributed by atoms with Gasteiger partial charge < -0.3 is 14.8 Å². The van der Waals surface area contributed by atoms with E-state index in [1.807, 2.05) is 29.1 Å². The number of aromatic amines is 1. The molecule has 3 aromatic rings. The molecular formula is C22H24N6O2. The Labute approximate surface area is 173 Å². The van der Waals surface area contributed by atoms with E-state index in [2.05, 4.69) is 31.5 Å². The Hall–Kier alpha value is -3.16. The number of carbonyl (C=O) groups excluding carboxylic acids is 1. The molecule has 2 fully saturated rings. The average molecular weight is 404 g/mol. The molecule has 1 aliphatic carbocycles. The minimum Gasteiger partial charge on any atom is -0.370 e. The van der Waals surface area contributed by atoms with Crippen LogP contribution in [0.25, 0.3) is 11.0 Å². The smallest absolute Gasteiger partial charge is 0.251 e. The molecule has 1 saturated carbocycles. The van der Waals surface area contributed by atoms with Gasteiger partial charge in [-0.15, -0.1) is 0 Å². The zero-order valence-electron chi connectivity index (χ0n) is 16.6. The van der Waals surface area contributed by atoms with Gasteiger partial charge in [-0.05, 0) is 37.3 Å². The molecule has 0 radical (unpaired) electrons. The molecular weight excluding hydrogens is 380 g/mol. The van der Waals surface area contributed by atoms with Crippen LogP contribution in [0.5, 0.6) is 0 Å². The van der Waals surface area contributed by atoms with Crippen molar-refractivity contribution in [3.05, 3.63) is 52.7 Å². The van der Waals surface area contributed by atoms with Crippen molar-refractivity contribution in [3.8, 4) is 0 Å². The summed E-state index contributed by atoms with van der Waals surface area (Å²) >= 11 is 0. The molecule has 2 bridgehead atoms. The van der Waals surface area contributed by atoms with Gasteiger partial charge in [-0.3, -0.25) is 14.7 Å². The second-order valence-corrected chi connectivity index (χ2v) is 8.81. The number of carbonyl (C=O) groups is 1. The Morgan fingerprint density at radius 2 is 2.13 bits per heavy atom. The van der Waals surface area contributed by atoms with Crippen LogP contribution in [0.15, 0.2) is 41.5 Å². The lowest BCUT2D eigenvalue weighted by atomic mass is 9.78. The predicted molar refractivity (Wildman–Crippen MR) is 112 cm³/mol. The first kappa shape index (κ1) is 17.7. The summed E-state index contributed by atoms with van der Waals surface area (Å²) in [5.74, 6) is 0.862. The number of H-pyrrole nitrogens is 1. The molecule has 30 heavy (non-hydrogen) atoms. The molecule has 0 aromatic carbocycles. The first-order valence-electron chi connectivity index (χ1n) is 10.7. The Bertz CT molecular complexity index is 1180. The largest absolute Gasteiger partial charge is 0.370 e. The van der Waals surface area contributed by atoms with Gasteiger partial charge >= 0.3 is 0 Å². The highest BCUT2D eigenvalue weighted by Gasteiger charge is 2.41. The van der Waals surface area contributed by atoms with Crippen LogP contribution in [0, 0.1) is 11.8 Å². The standard InChI is InChI=1S/C22H24N6O2/c29-20-3-1-2-17-14-8-15(19(28(17)20)10-24-22(30)13-4-5-13)12-27(11-14)18-6-7-23-21-16(18)9-25-26-21/h1-3,6-7,9,13-15,19H,4-5,8,10-12H2,(H,24,30)(H,23,25,26)/t14-,15+,19+/m1/s1. The number of anilines is 1. The van der Waals surface area contributed by atoms with Crippen LogP contribution in [-0.4, -0.2) is 45.3 Å². The Morgan fingerprint density at radius 3 is 3.00 bits per heavy atom. The molecule has 5 heterocycles. The van der Waals surface area contributed by atoms with Crippen LogP contribution in [0.1, 0.15) is 36.9 Å². The lowest BCUT2D eigenvalue weighted by Gasteiger charge is -2.47. The normalized spacial score (nSPS) is 25.2. The SMILES string of the molecule is O=C(NC[C@H]1[C@H]2C[C@H](CN(c3ccnc4[nH]ncc34)C2)c2cccc(=O)n21)C1CC1. The molecule has 2 N–H and O–H groups in total. The minimum atomic E-state index is -0.0304. The summed E-state index contributed by atoms with van der Waals surface area (Å²) in [7, 11) is 0. The van der Waals surface area contributed by atoms with Crippen molar-refractivity contribution in [3.63, 3.8) is 0 Å². The average Bonchev–Trinajstić information content (AvgIpc) is 3.50. The van der Waals surface area contributed by atoms with E-state index in [-0.39, 0.29) is 35.3 Å². The quantitative estimate of drug-likeness (QED) is 0.691. The van der Waals surface area contributed by atoms with E-state index >= 15 is 0 Å². The van der Waals surface area contributed by atoms with Crippen molar-refractivity contribution in [1.29, 1.82) is 0 Å². The number of fused-ring (bicyclic) bond motifs is 5. The number of hydrogen-bond acceptors (Lipinski definition) is 5. The highest BCUT2D eigenvalue weighted by Crippen LogP contribution is 2.43. The van der Waals surface area contributed by atoms with Crippen molar-refractivity contribution in [2.75, 3.05) is 24.5 Å². The third kappa shape index (κ3) is 2.81. The number of aromatic nitrogens is 4. The molecule has 3 aliphatic rings. The predicted octanol–water partition coefficient (Wildman–Crippen LogP) is 1.81. The van der Waals surface area contributed by atoms with E-state index in [1.165, 1.54) is 0 Å². The fourth-order valence-corrected chi connectivity index (χ4v) is 5.31. The lowest BCUT2D eigenvalue weighted by Crippen LogP contribution is -2.52. The number of nitrogens with zero attached hydrogens (tertiary/aromatic N) is 4. The van der Waals surface area contributed by atoms with Crippen LogP contribution in [-0.2, 0) is 4.79 Å². The van der Waals surface area contributed by atoms with Gasteiger partial charge in [0.1, 0.15) is 0 Å². The van der Waals surface area contributed by atoms with E-state index in [9.17, 15) is 9.59 Å². The molecule has 1 saturated heterocycles. The summed E-state index contributed by atoms with van der Waals surface area (Å²) in [6.45, 7) is 2.20. The third-order valence-electron chi connectivity index (χ3n) is 6.90. The van der Waals surface area contributed by atoms with E-state index in [0.29, 0.717) is 6.54 Å². The van der Waals surface area contributed by atoms with Crippen LogP contribution < -0.4 is 15.8 Å². The number of rotatable bonds is 4. The summed E-state index contributed by atoms with van der Waals surface area (Å²) in [5, 5.41) is 11.2. The van der Waals surface area contributed by atoms with E-state index in [0.717, 1.165) is 54.8 Å². The summed E-state index contributed by atoms with van der Waals surface area (Å²) in [5.41, 5.74) is 3.01. The fraction of sp³-hybridized carbons (Fsp3) is 0.455. The van der Waals surface area contributed by atoms with Crippen molar-refractivity contribution < 1.29 is 4.79 Å². The summed E-state index contributed by atoms with van der Waals surface area (Å²) in [4.78, 5) is 31.9. The van der Waals surface area contributed by atoms with Crippen LogP contribution in [0.4, 0.5) is 5.69 Å². The highest BCUT2D eigenvalue weighted by molar-refractivity contribution is 5.88. The van der Waals surface area contributed by atoms with Crippen molar-refractivity contribution in [1.82, 2.24) is 25.1 Å². The second-order valence-electron chi connectivity index (χ2n) is 8.81. The van der Waals surface area contributed by atoms with Crippen molar-refractivity contribution in [2.24, 2.45) is 11.8 Å². The summed E-state index contributed by atoms with van der Waals surface area (Å²) in [6, 6.07) is 7.57. The molecule has 8 nitrogen and oxygen atoms in total. The number of hydrogen-bond donors (Lipinski definition) is 2. The first-order valence-corrected chi connectivity index (χ1v) is 10.7. The Balaban J connectivity index is 1.37. The lowest BCUT2D eigenvalue weighted by molar-refractivity contribution is -0.122. The maximum Gasteiger partial charge on any atom is 0.251 e. The topological polar surface area (TPSA) is 95.9 Å². The Morgan fingerprint density at radius 1 is 1.23 bits per heavy atom. The number of piperidine rings is 1. The summed E-state index contributed by atoms with van der Waals surface area (Å²) < 4.78 is 1.95. The molecule has 3 aromatic heterocycles. The van der Waals surface area contributed by atoms with Gasteiger partial charge in [-0.1, -0.05) is 6.07 Å². The molecule has 6 rings (SSSR count). The van der Waals surface area contributed by atoms with Gasteiger partial charge in [-0.25, -0.2) is 4.98 Å². The van der Waals surface area contributed by atoms with Crippen LogP contribution in [0.2, 0.25) is 0 Å². The van der Waals surface area contributed by atoms with Crippen molar-refractivity contribution in [2.45, 2.75) is 31.2 Å². The molecule has 1 amide bonds. The molecule has 154 valence electrons. The molecule has 0 spiro atoms. The van der Waals surface area contributed by atoms with Gasteiger partial charge in [-0.2, -0.15) is 5.10 Å². The third-order valence-corrected chi connectivity index (χ3v) is 6.90. The zero-order chi connectivity index (χ0) is 20.2. The fourth-order valence-electron chi connectivity index (χ4n) is 5.31. The zero-order valence-corrected chi connectivity index (χ0v) is 16.6. The van der Waals surface area contributed by atoms with Gasteiger partial charge in [0.15, 0.2) is 5.65 Å². The van der Waals surface area contributed by atoms with E-state index in [1.54, 1.807) is 6.07 Å². The van der Waals surface area contributed by atoms with E-state index in [4.69, 9.17) is 0 Å². The van der Waals surface area contributed by atoms with Gasteiger partial charge in [0.25, 0.3) is 5.56 Å². The number of amides is 1. The molecule has 3 atom stereocenters. The molecule has 8 heteroatoms. The number of pyridine rings is 2. The Kier molecular flexibility index (Phi) is 3.94. The van der Waals surface area contributed by atoms with Crippen LogP contribution in [0.3, 0.4) is 0 Å². The monoisotopic (exact) mass is 404 g/mol. The van der Waals surface area contributed by atoms with Gasteiger partial charge in [0, 0.05) is 49.4 Å². The second kappa shape index (κ2) is 6.68. The summed E-state index contributed by atoms with van der Waals surface area (Å²) in [6.07, 6.45) is 6.63. The maximum atomic E-state index is 12.8.